The molecule has 1 fully saturated rings. The molecule has 0 aromatic carbocycles. The van der Waals surface area contributed by atoms with Crippen LogP contribution in [-0.2, 0) is 4.79 Å². The smallest absolute Gasteiger partial charge is 0.229 e. The van der Waals surface area contributed by atoms with Gasteiger partial charge < -0.3 is 15.1 Å². The second-order valence-corrected chi connectivity index (χ2v) is 6.43. The number of carbonyl (C=O) groups is 1. The highest BCUT2D eigenvalue weighted by Crippen LogP contribution is 2.29. The van der Waals surface area contributed by atoms with E-state index in [0.717, 1.165) is 23.9 Å². The van der Waals surface area contributed by atoms with E-state index in [1.165, 1.54) is 0 Å². The summed E-state index contributed by atoms with van der Waals surface area (Å²) in [5.74, 6) is 1.93. The molecule has 126 valence electrons. The molecular weight excluding hydrogens is 302 g/mol. The lowest BCUT2D eigenvalue weighted by Gasteiger charge is -2.19. The number of hydrogen-bond acceptors (Lipinski definition) is 5. The van der Waals surface area contributed by atoms with Crippen molar-refractivity contribution in [3.63, 3.8) is 0 Å². The van der Waals surface area contributed by atoms with Crippen LogP contribution in [0.2, 0.25) is 0 Å². The van der Waals surface area contributed by atoms with Crippen molar-refractivity contribution in [2.24, 2.45) is 11.8 Å². The van der Waals surface area contributed by atoms with E-state index in [1.807, 2.05) is 49.3 Å². The Balaban J connectivity index is 1.72. The van der Waals surface area contributed by atoms with Crippen LogP contribution in [0.4, 0.5) is 17.3 Å². The van der Waals surface area contributed by atoms with Crippen LogP contribution in [0.3, 0.4) is 0 Å². The van der Waals surface area contributed by atoms with Crippen LogP contribution in [-0.4, -0.2) is 43.1 Å². The third-order valence-electron chi connectivity index (χ3n) is 4.39. The predicted molar refractivity (Wildman–Crippen MR) is 96.3 cm³/mol. The Labute approximate surface area is 142 Å². The summed E-state index contributed by atoms with van der Waals surface area (Å²) in [6.45, 7) is 3.63. The Bertz CT molecular complexity index is 704. The summed E-state index contributed by atoms with van der Waals surface area (Å²) < 4.78 is 0. The highest BCUT2D eigenvalue weighted by Gasteiger charge is 2.35. The Morgan fingerprint density at radius 3 is 2.67 bits per heavy atom. The van der Waals surface area contributed by atoms with Crippen molar-refractivity contribution in [1.82, 2.24) is 9.97 Å². The van der Waals surface area contributed by atoms with Crippen molar-refractivity contribution in [1.29, 1.82) is 0 Å². The standard InChI is InChI=1S/C18H23N5O/c1-13-11-23(16-8-4-5-9-19-16)12-14(13)18(24)21-15-7-6-10-20-17(15)22(2)3/h4-10,13-14H,11-12H2,1-3H3,(H,21,24)/t13-,14-/m1/s1. The molecule has 24 heavy (non-hydrogen) atoms. The average Bonchev–Trinajstić information content (AvgIpc) is 2.98. The molecule has 2 atom stereocenters. The van der Waals surface area contributed by atoms with E-state index in [1.54, 1.807) is 12.4 Å². The molecule has 1 aliphatic rings. The van der Waals surface area contributed by atoms with E-state index in [9.17, 15) is 4.79 Å². The van der Waals surface area contributed by atoms with Crippen molar-refractivity contribution < 1.29 is 4.79 Å². The molecule has 1 amide bonds. The van der Waals surface area contributed by atoms with Crippen molar-refractivity contribution in [2.75, 3.05) is 42.3 Å². The van der Waals surface area contributed by atoms with Gasteiger partial charge in [0, 0.05) is 39.6 Å². The quantitative estimate of drug-likeness (QED) is 0.934. The number of anilines is 3. The van der Waals surface area contributed by atoms with Gasteiger partial charge in [0.05, 0.1) is 11.6 Å². The fourth-order valence-corrected chi connectivity index (χ4v) is 3.11. The first-order valence-electron chi connectivity index (χ1n) is 8.15. The van der Waals surface area contributed by atoms with E-state index < -0.39 is 0 Å². The van der Waals surface area contributed by atoms with Crippen molar-refractivity contribution in [3.05, 3.63) is 42.7 Å². The molecule has 0 saturated carbocycles. The molecule has 2 aromatic heterocycles. The van der Waals surface area contributed by atoms with Crippen molar-refractivity contribution in [2.45, 2.75) is 6.92 Å². The molecule has 0 spiro atoms. The first kappa shape index (κ1) is 16.2. The first-order chi connectivity index (χ1) is 11.6. The van der Waals surface area contributed by atoms with Crippen LogP contribution in [0, 0.1) is 11.8 Å². The summed E-state index contributed by atoms with van der Waals surface area (Å²) in [6.07, 6.45) is 3.51. The number of hydrogen-bond donors (Lipinski definition) is 1. The highest BCUT2D eigenvalue weighted by atomic mass is 16.2. The van der Waals surface area contributed by atoms with Crippen LogP contribution in [0.5, 0.6) is 0 Å². The van der Waals surface area contributed by atoms with E-state index in [-0.39, 0.29) is 17.7 Å². The van der Waals surface area contributed by atoms with Gasteiger partial charge in [0.2, 0.25) is 5.91 Å². The van der Waals surface area contributed by atoms with Gasteiger partial charge in [-0.15, -0.1) is 0 Å². The summed E-state index contributed by atoms with van der Waals surface area (Å²) in [5, 5.41) is 3.05. The normalized spacial score (nSPS) is 20.0. The Morgan fingerprint density at radius 2 is 1.96 bits per heavy atom. The van der Waals surface area contributed by atoms with Gasteiger partial charge >= 0.3 is 0 Å². The zero-order valence-electron chi connectivity index (χ0n) is 14.3. The number of nitrogens with zero attached hydrogens (tertiary/aromatic N) is 4. The lowest BCUT2D eigenvalue weighted by atomic mass is 9.97. The summed E-state index contributed by atoms with van der Waals surface area (Å²) in [4.78, 5) is 25.6. The van der Waals surface area contributed by atoms with Crippen LogP contribution < -0.4 is 15.1 Å². The molecule has 0 aliphatic carbocycles. The number of pyridine rings is 2. The lowest BCUT2D eigenvalue weighted by Crippen LogP contribution is -2.29. The molecule has 0 bridgehead atoms. The molecule has 6 heteroatoms. The first-order valence-corrected chi connectivity index (χ1v) is 8.15. The topological polar surface area (TPSA) is 61.4 Å². The SMILES string of the molecule is C[C@@H]1CN(c2ccccn2)C[C@H]1C(=O)Nc1cccnc1N(C)C. The fraction of sp³-hybridized carbons (Fsp3) is 0.389. The fourth-order valence-electron chi connectivity index (χ4n) is 3.11. The van der Waals surface area contributed by atoms with Gasteiger partial charge in [-0.25, -0.2) is 9.97 Å². The van der Waals surface area contributed by atoms with E-state index in [0.29, 0.717) is 6.54 Å². The molecule has 1 N–H and O–H groups in total. The van der Waals surface area contributed by atoms with E-state index >= 15 is 0 Å². The number of nitrogens with one attached hydrogen (secondary N) is 1. The third kappa shape index (κ3) is 3.32. The lowest BCUT2D eigenvalue weighted by molar-refractivity contribution is -0.120. The zero-order valence-corrected chi connectivity index (χ0v) is 14.3. The second kappa shape index (κ2) is 6.86. The Kier molecular flexibility index (Phi) is 4.64. The van der Waals surface area contributed by atoms with E-state index in [2.05, 4.69) is 27.1 Å². The van der Waals surface area contributed by atoms with Crippen LogP contribution in [0.25, 0.3) is 0 Å². The number of rotatable bonds is 4. The molecule has 6 nitrogen and oxygen atoms in total. The molecule has 3 heterocycles. The minimum atomic E-state index is -0.0674. The second-order valence-electron chi connectivity index (χ2n) is 6.43. The molecular formula is C18H23N5O. The molecule has 1 aliphatic heterocycles. The third-order valence-corrected chi connectivity index (χ3v) is 4.39. The van der Waals surface area contributed by atoms with Crippen molar-refractivity contribution in [3.8, 4) is 0 Å². The maximum absolute atomic E-state index is 12.8. The number of carbonyl (C=O) groups excluding carboxylic acids is 1. The Hall–Kier alpha value is -2.63. The minimum absolute atomic E-state index is 0.0389. The number of aromatic nitrogens is 2. The van der Waals surface area contributed by atoms with Crippen LogP contribution in [0.1, 0.15) is 6.92 Å². The van der Waals surface area contributed by atoms with Gasteiger partial charge in [0.1, 0.15) is 5.82 Å². The monoisotopic (exact) mass is 325 g/mol. The predicted octanol–water partition coefficient (Wildman–Crippen LogP) is 2.25. The molecule has 0 radical (unpaired) electrons. The van der Waals surface area contributed by atoms with Crippen LogP contribution in [0.15, 0.2) is 42.7 Å². The Morgan fingerprint density at radius 1 is 1.17 bits per heavy atom. The maximum Gasteiger partial charge on any atom is 0.229 e. The van der Waals surface area contributed by atoms with Gasteiger partial charge in [-0.05, 0) is 30.2 Å². The highest BCUT2D eigenvalue weighted by molar-refractivity contribution is 5.96. The minimum Gasteiger partial charge on any atom is -0.361 e. The largest absolute Gasteiger partial charge is 0.361 e. The molecule has 1 saturated heterocycles. The van der Waals surface area contributed by atoms with Gasteiger partial charge in [-0.1, -0.05) is 13.0 Å². The summed E-state index contributed by atoms with van der Waals surface area (Å²) in [7, 11) is 3.83. The molecule has 3 rings (SSSR count). The summed E-state index contributed by atoms with van der Waals surface area (Å²) in [6, 6.07) is 9.58. The van der Waals surface area contributed by atoms with Gasteiger partial charge in [0.15, 0.2) is 5.82 Å². The summed E-state index contributed by atoms with van der Waals surface area (Å²) >= 11 is 0. The van der Waals surface area contributed by atoms with Gasteiger partial charge in [-0.2, -0.15) is 0 Å². The molecule has 0 unspecified atom stereocenters. The van der Waals surface area contributed by atoms with E-state index in [4.69, 9.17) is 0 Å². The summed E-state index contributed by atoms with van der Waals surface area (Å²) in [5.41, 5.74) is 0.746. The van der Waals surface area contributed by atoms with Gasteiger partial charge in [0.25, 0.3) is 0 Å². The van der Waals surface area contributed by atoms with Gasteiger partial charge in [-0.3, -0.25) is 4.79 Å². The zero-order chi connectivity index (χ0) is 17.1. The maximum atomic E-state index is 12.8. The number of amides is 1. The van der Waals surface area contributed by atoms with Crippen LogP contribution >= 0.6 is 0 Å². The molecule has 2 aromatic rings. The van der Waals surface area contributed by atoms with Crippen molar-refractivity contribution >= 4 is 23.2 Å². The average molecular weight is 325 g/mol.